The summed E-state index contributed by atoms with van der Waals surface area (Å²) in [5, 5.41) is 3.67. The van der Waals surface area contributed by atoms with E-state index in [9.17, 15) is 0 Å². The molecule has 2 rings (SSSR count). The van der Waals surface area contributed by atoms with Gasteiger partial charge in [0.1, 0.15) is 5.75 Å². The Bertz CT molecular complexity index is 403. The molecule has 1 N–H and O–H groups in total. The first-order valence-corrected chi connectivity index (χ1v) is 6.68. The first-order valence-electron chi connectivity index (χ1n) is 6.68. The van der Waals surface area contributed by atoms with Crippen LogP contribution < -0.4 is 10.1 Å². The second-order valence-electron chi connectivity index (χ2n) is 5.38. The van der Waals surface area contributed by atoms with Gasteiger partial charge < -0.3 is 15.0 Å². The molecule has 1 aliphatic carbocycles. The third kappa shape index (κ3) is 2.85. The van der Waals surface area contributed by atoms with Gasteiger partial charge >= 0.3 is 0 Å². The van der Waals surface area contributed by atoms with Crippen molar-refractivity contribution in [1.29, 1.82) is 0 Å². The maximum atomic E-state index is 5.32. The quantitative estimate of drug-likeness (QED) is 0.865. The minimum atomic E-state index is 0.484. The number of nitrogens with one attached hydrogen (secondary N) is 1. The van der Waals surface area contributed by atoms with E-state index in [1.54, 1.807) is 7.11 Å². The van der Waals surface area contributed by atoms with Gasteiger partial charge in [-0.25, -0.2) is 0 Å². The average Bonchev–Trinajstić information content (AvgIpc) is 2.77. The van der Waals surface area contributed by atoms with Gasteiger partial charge in [-0.1, -0.05) is 6.07 Å². The Hall–Kier alpha value is -1.06. The van der Waals surface area contributed by atoms with Gasteiger partial charge in [0.2, 0.25) is 0 Å². The van der Waals surface area contributed by atoms with E-state index in [0.29, 0.717) is 12.1 Å². The Morgan fingerprint density at radius 2 is 2.22 bits per heavy atom. The molecule has 0 spiro atoms. The molecule has 2 atom stereocenters. The number of methoxy groups -OCH3 is 1. The fraction of sp³-hybridized carbons (Fsp3) is 0.600. The Balaban J connectivity index is 2.02. The normalized spacial score (nSPS) is 19.9. The summed E-state index contributed by atoms with van der Waals surface area (Å²) in [6.07, 6.45) is 2.37. The highest BCUT2D eigenvalue weighted by Gasteiger charge is 2.23. The number of hydrogen-bond acceptors (Lipinski definition) is 3. The van der Waals surface area contributed by atoms with Gasteiger partial charge in [-0.05, 0) is 57.1 Å². The molecule has 0 bridgehead atoms. The van der Waals surface area contributed by atoms with Crippen molar-refractivity contribution in [3.63, 3.8) is 0 Å². The van der Waals surface area contributed by atoms with E-state index in [1.807, 2.05) is 0 Å². The number of fused-ring (bicyclic) bond motifs is 1. The van der Waals surface area contributed by atoms with Gasteiger partial charge in [0.15, 0.2) is 0 Å². The Morgan fingerprint density at radius 3 is 2.89 bits per heavy atom. The van der Waals surface area contributed by atoms with Crippen LogP contribution in [0.3, 0.4) is 0 Å². The van der Waals surface area contributed by atoms with Gasteiger partial charge in [-0.3, -0.25) is 0 Å². The lowest BCUT2D eigenvalue weighted by molar-refractivity contribution is 0.293. The number of aryl methyl sites for hydroxylation is 1. The number of rotatable bonds is 5. The van der Waals surface area contributed by atoms with Crippen LogP contribution in [0.2, 0.25) is 0 Å². The maximum absolute atomic E-state index is 5.32. The third-order valence-corrected chi connectivity index (χ3v) is 3.97. The number of likely N-dealkylation sites (N-methyl/N-ethyl adjacent to an activating group) is 1. The van der Waals surface area contributed by atoms with Crippen molar-refractivity contribution >= 4 is 0 Å². The largest absolute Gasteiger partial charge is 0.497 e. The van der Waals surface area contributed by atoms with Gasteiger partial charge in [0, 0.05) is 18.6 Å². The molecule has 2 unspecified atom stereocenters. The first kappa shape index (κ1) is 13.4. The van der Waals surface area contributed by atoms with Gasteiger partial charge in [0.25, 0.3) is 0 Å². The highest BCUT2D eigenvalue weighted by atomic mass is 16.5. The summed E-state index contributed by atoms with van der Waals surface area (Å²) < 4.78 is 5.32. The molecule has 1 aromatic rings. The van der Waals surface area contributed by atoms with E-state index >= 15 is 0 Å². The molecule has 3 nitrogen and oxygen atoms in total. The molecule has 0 amide bonds. The summed E-state index contributed by atoms with van der Waals surface area (Å²) in [6, 6.07) is 7.48. The van der Waals surface area contributed by atoms with Crippen molar-refractivity contribution in [2.24, 2.45) is 0 Å². The lowest BCUT2D eigenvalue weighted by Crippen LogP contribution is -2.36. The molecule has 0 saturated carbocycles. The fourth-order valence-corrected chi connectivity index (χ4v) is 2.41. The second-order valence-corrected chi connectivity index (χ2v) is 5.38. The van der Waals surface area contributed by atoms with Crippen LogP contribution in [0.25, 0.3) is 0 Å². The Labute approximate surface area is 110 Å². The van der Waals surface area contributed by atoms with Crippen LogP contribution in [0.5, 0.6) is 5.75 Å². The SMILES string of the molecule is COc1ccc2c(c1)C(NCC(C)N(C)C)CC2. The van der Waals surface area contributed by atoms with Crippen LogP contribution >= 0.6 is 0 Å². The monoisotopic (exact) mass is 248 g/mol. The molecule has 0 aromatic heterocycles. The van der Waals surface area contributed by atoms with Crippen LogP contribution in [-0.2, 0) is 6.42 Å². The summed E-state index contributed by atoms with van der Waals surface area (Å²) >= 11 is 0. The molecule has 3 heteroatoms. The average molecular weight is 248 g/mol. The van der Waals surface area contributed by atoms with E-state index in [-0.39, 0.29) is 0 Å². The van der Waals surface area contributed by atoms with Crippen LogP contribution in [0.4, 0.5) is 0 Å². The number of nitrogens with zero attached hydrogens (tertiary/aromatic N) is 1. The molecule has 1 aliphatic rings. The predicted octanol–water partition coefficient (Wildman–Crippen LogP) is 2.22. The molecule has 0 fully saturated rings. The molecule has 0 radical (unpaired) electrons. The van der Waals surface area contributed by atoms with E-state index in [0.717, 1.165) is 12.3 Å². The molecule has 0 heterocycles. The second kappa shape index (κ2) is 5.72. The van der Waals surface area contributed by atoms with Crippen molar-refractivity contribution in [3.05, 3.63) is 29.3 Å². The molecule has 1 aromatic carbocycles. The lowest BCUT2D eigenvalue weighted by atomic mass is 10.1. The topological polar surface area (TPSA) is 24.5 Å². The van der Waals surface area contributed by atoms with Crippen LogP contribution in [0.15, 0.2) is 18.2 Å². The molecular formula is C15H24N2O. The van der Waals surface area contributed by atoms with Crippen molar-refractivity contribution in [2.45, 2.75) is 31.8 Å². The number of benzene rings is 1. The number of ether oxygens (including phenoxy) is 1. The zero-order valence-corrected chi connectivity index (χ0v) is 11.9. The fourth-order valence-electron chi connectivity index (χ4n) is 2.41. The summed E-state index contributed by atoms with van der Waals surface area (Å²) in [5.74, 6) is 0.961. The molecule has 0 saturated heterocycles. The van der Waals surface area contributed by atoms with Crippen molar-refractivity contribution < 1.29 is 4.74 Å². The first-order chi connectivity index (χ1) is 8.61. The van der Waals surface area contributed by atoms with Gasteiger partial charge in [-0.15, -0.1) is 0 Å². The van der Waals surface area contributed by atoms with Crippen molar-refractivity contribution in [3.8, 4) is 5.75 Å². The van der Waals surface area contributed by atoms with E-state index in [1.165, 1.54) is 24.0 Å². The van der Waals surface area contributed by atoms with Gasteiger partial charge in [-0.2, -0.15) is 0 Å². The summed E-state index contributed by atoms with van der Waals surface area (Å²) in [4.78, 5) is 2.24. The standard InChI is InChI=1S/C15H24N2O/c1-11(17(2)3)10-16-15-8-6-12-5-7-13(18-4)9-14(12)15/h5,7,9,11,15-16H,6,8,10H2,1-4H3. The third-order valence-electron chi connectivity index (χ3n) is 3.97. The maximum Gasteiger partial charge on any atom is 0.119 e. The highest BCUT2D eigenvalue weighted by Crippen LogP contribution is 2.33. The number of hydrogen-bond donors (Lipinski definition) is 1. The minimum absolute atomic E-state index is 0.484. The lowest BCUT2D eigenvalue weighted by Gasteiger charge is -2.23. The van der Waals surface area contributed by atoms with E-state index in [4.69, 9.17) is 4.74 Å². The minimum Gasteiger partial charge on any atom is -0.497 e. The highest BCUT2D eigenvalue weighted by molar-refractivity contribution is 5.40. The molecule has 0 aliphatic heterocycles. The summed E-state index contributed by atoms with van der Waals surface area (Å²) in [7, 11) is 5.98. The smallest absolute Gasteiger partial charge is 0.119 e. The van der Waals surface area contributed by atoms with Crippen LogP contribution in [0, 0.1) is 0 Å². The Morgan fingerprint density at radius 1 is 1.44 bits per heavy atom. The summed E-state index contributed by atoms with van der Waals surface area (Å²) in [5.41, 5.74) is 2.88. The molecular weight excluding hydrogens is 224 g/mol. The van der Waals surface area contributed by atoms with Crippen molar-refractivity contribution in [1.82, 2.24) is 10.2 Å². The predicted molar refractivity (Wildman–Crippen MR) is 75.2 cm³/mol. The zero-order valence-electron chi connectivity index (χ0n) is 11.9. The van der Waals surface area contributed by atoms with Crippen molar-refractivity contribution in [2.75, 3.05) is 27.7 Å². The van der Waals surface area contributed by atoms with E-state index < -0.39 is 0 Å². The molecule has 100 valence electrons. The van der Waals surface area contributed by atoms with Gasteiger partial charge in [0.05, 0.1) is 7.11 Å². The zero-order chi connectivity index (χ0) is 13.1. The summed E-state index contributed by atoms with van der Waals surface area (Å²) in [6.45, 7) is 3.27. The Kier molecular flexibility index (Phi) is 4.25. The molecule has 18 heavy (non-hydrogen) atoms. The van der Waals surface area contributed by atoms with Crippen LogP contribution in [-0.4, -0.2) is 38.7 Å². The van der Waals surface area contributed by atoms with E-state index in [2.05, 4.69) is 49.4 Å². The van der Waals surface area contributed by atoms with Crippen LogP contribution in [0.1, 0.15) is 30.5 Å².